The maximum Gasteiger partial charge on any atom is 0.373 e. The fourth-order valence-corrected chi connectivity index (χ4v) is 4.59. The number of hydrogen-bond donors (Lipinski definition) is 2. The van der Waals surface area contributed by atoms with Gasteiger partial charge in [-0.3, -0.25) is 0 Å². The first-order valence-corrected chi connectivity index (χ1v) is 11.4. The Balaban J connectivity index is 1.56. The van der Waals surface area contributed by atoms with E-state index in [1.54, 1.807) is 6.07 Å². The van der Waals surface area contributed by atoms with Crippen LogP contribution in [0.5, 0.6) is 5.75 Å². The first-order valence-electron chi connectivity index (χ1n) is 9.42. The highest BCUT2D eigenvalue weighted by atomic mass is 31.2. The van der Waals surface area contributed by atoms with Crippen LogP contribution >= 0.6 is 7.60 Å². The molecule has 0 spiro atoms. The van der Waals surface area contributed by atoms with Gasteiger partial charge in [0.25, 0.3) is 0 Å². The normalized spacial score (nSPS) is 18.0. The van der Waals surface area contributed by atoms with E-state index in [1.807, 2.05) is 18.3 Å². The predicted octanol–water partition coefficient (Wildman–Crippen LogP) is 4.33. The van der Waals surface area contributed by atoms with E-state index in [9.17, 15) is 9.46 Å². The van der Waals surface area contributed by atoms with Crippen LogP contribution in [0.15, 0.2) is 54.7 Å². The van der Waals surface area contributed by atoms with E-state index in [0.717, 1.165) is 40.5 Å². The van der Waals surface area contributed by atoms with Crippen LogP contribution in [-0.4, -0.2) is 40.7 Å². The van der Waals surface area contributed by atoms with E-state index in [1.165, 1.54) is 31.7 Å². The molecule has 1 aromatic heterocycles. The van der Waals surface area contributed by atoms with Gasteiger partial charge in [-0.2, -0.15) is 0 Å². The summed E-state index contributed by atoms with van der Waals surface area (Å²) < 4.78 is 18.2. The topological polar surface area (TPSA) is 62.3 Å². The van der Waals surface area contributed by atoms with E-state index >= 15 is 0 Å². The summed E-state index contributed by atoms with van der Waals surface area (Å²) in [5, 5.41) is 0.923. The summed E-state index contributed by atoms with van der Waals surface area (Å²) in [5.74, 6) is 0.482. The number of likely N-dealkylation sites (tertiary alicyclic amines) is 1. The van der Waals surface area contributed by atoms with Gasteiger partial charge in [0.15, 0.2) is 0 Å². The highest BCUT2D eigenvalue weighted by Crippen LogP contribution is 2.42. The van der Waals surface area contributed by atoms with Gasteiger partial charge in [-0.25, -0.2) is 4.57 Å². The van der Waals surface area contributed by atoms with Crippen LogP contribution in [0.4, 0.5) is 0 Å². The van der Waals surface area contributed by atoms with Crippen molar-refractivity contribution in [2.24, 2.45) is 0 Å². The van der Waals surface area contributed by atoms with E-state index < -0.39 is 7.60 Å². The van der Waals surface area contributed by atoms with Crippen molar-refractivity contribution in [3.63, 3.8) is 0 Å². The lowest BCUT2D eigenvalue weighted by molar-refractivity contribution is -0.975. The zero-order valence-corrected chi connectivity index (χ0v) is 16.5. The van der Waals surface area contributed by atoms with Crippen molar-refractivity contribution in [3.8, 4) is 5.75 Å². The van der Waals surface area contributed by atoms with Crippen LogP contribution in [-0.2, 0) is 17.5 Å². The molecule has 27 heavy (non-hydrogen) atoms. The number of rotatable bonds is 7. The molecule has 3 aromatic rings. The molecule has 0 saturated carbocycles. The largest absolute Gasteiger partial charge is 0.424 e. The number of aromatic amines is 1. The SMILES string of the molecule is CP(=O)(O)Oc1cccc2[nH]cc(CC[N+]3(Cc4ccccc4)CCC3)c12. The molecule has 1 fully saturated rings. The third-order valence-corrected chi connectivity index (χ3v) is 6.03. The summed E-state index contributed by atoms with van der Waals surface area (Å²) in [6.07, 6.45) is 4.19. The minimum absolute atomic E-state index is 0.482. The van der Waals surface area contributed by atoms with E-state index in [2.05, 4.69) is 35.3 Å². The standard InChI is InChI=1S/C21H25N2O3P/c1-27(24,25)26-20-10-5-9-19-21(20)18(15-22-19)11-14-23(12-6-13-23)16-17-7-3-2-4-8-17/h2-5,7-10,15,22H,6,11-14,16H2,1H3/p+1. The lowest BCUT2D eigenvalue weighted by atomic mass is 10.0. The van der Waals surface area contributed by atoms with Gasteiger partial charge < -0.3 is 18.9 Å². The molecular weight excluding hydrogens is 359 g/mol. The summed E-state index contributed by atoms with van der Waals surface area (Å²) in [7, 11) is -3.60. The third kappa shape index (κ3) is 4.11. The molecule has 142 valence electrons. The second-order valence-corrected chi connectivity index (χ2v) is 9.44. The van der Waals surface area contributed by atoms with Gasteiger partial charge >= 0.3 is 7.60 Å². The number of nitrogens with one attached hydrogen (secondary N) is 1. The Hall–Kier alpha value is -2.07. The van der Waals surface area contributed by atoms with Gasteiger partial charge in [-0.15, -0.1) is 0 Å². The number of aromatic nitrogens is 1. The molecule has 5 nitrogen and oxygen atoms in total. The molecule has 0 bridgehead atoms. The summed E-state index contributed by atoms with van der Waals surface area (Å²) in [6, 6.07) is 16.3. The fraction of sp³-hybridized carbons (Fsp3) is 0.333. The Morgan fingerprint density at radius 2 is 1.93 bits per heavy atom. The Morgan fingerprint density at radius 1 is 1.15 bits per heavy atom. The molecule has 1 aliphatic heterocycles. The van der Waals surface area contributed by atoms with Crippen LogP contribution in [0.2, 0.25) is 0 Å². The number of hydrogen-bond acceptors (Lipinski definition) is 2. The van der Waals surface area contributed by atoms with Crippen molar-refractivity contribution in [2.45, 2.75) is 19.4 Å². The molecular formula is C21H26N2O3P+. The summed E-state index contributed by atoms with van der Waals surface area (Å²) in [4.78, 5) is 12.9. The molecule has 0 amide bonds. The van der Waals surface area contributed by atoms with Crippen molar-refractivity contribution in [1.82, 2.24) is 4.98 Å². The summed E-state index contributed by atoms with van der Waals surface area (Å²) >= 11 is 0. The number of nitrogens with zero attached hydrogens (tertiary/aromatic N) is 1. The van der Waals surface area contributed by atoms with Gasteiger partial charge in [0, 0.05) is 42.2 Å². The summed E-state index contributed by atoms with van der Waals surface area (Å²) in [5.41, 5.74) is 3.47. The van der Waals surface area contributed by atoms with Crippen LogP contribution < -0.4 is 4.52 Å². The van der Waals surface area contributed by atoms with Crippen LogP contribution in [0.3, 0.4) is 0 Å². The molecule has 0 radical (unpaired) electrons. The molecule has 1 saturated heterocycles. The van der Waals surface area contributed by atoms with Gasteiger partial charge in [0.05, 0.1) is 19.6 Å². The van der Waals surface area contributed by atoms with Crippen molar-refractivity contribution in [3.05, 3.63) is 65.9 Å². The highest BCUT2D eigenvalue weighted by Gasteiger charge is 2.35. The maximum absolute atomic E-state index is 11.8. The van der Waals surface area contributed by atoms with Crippen molar-refractivity contribution in [2.75, 3.05) is 26.3 Å². The minimum Gasteiger partial charge on any atom is -0.424 e. The van der Waals surface area contributed by atoms with Gasteiger partial charge in [-0.1, -0.05) is 36.4 Å². The average Bonchev–Trinajstić information content (AvgIpc) is 3.01. The van der Waals surface area contributed by atoms with Crippen LogP contribution in [0.1, 0.15) is 17.5 Å². The monoisotopic (exact) mass is 385 g/mol. The Morgan fingerprint density at radius 3 is 2.59 bits per heavy atom. The van der Waals surface area contributed by atoms with E-state index in [-0.39, 0.29) is 0 Å². The maximum atomic E-state index is 11.8. The molecule has 2 N–H and O–H groups in total. The van der Waals surface area contributed by atoms with Crippen LogP contribution in [0, 0.1) is 0 Å². The molecule has 1 aliphatic rings. The second kappa shape index (κ2) is 7.16. The molecule has 2 heterocycles. The zero-order chi connectivity index (χ0) is 18.9. The first-order chi connectivity index (χ1) is 12.9. The number of quaternary nitrogens is 1. The minimum atomic E-state index is -3.60. The fourth-order valence-electron chi connectivity index (χ4n) is 4.07. The predicted molar refractivity (Wildman–Crippen MR) is 108 cm³/mol. The lowest BCUT2D eigenvalue weighted by Crippen LogP contribution is -2.57. The quantitative estimate of drug-likeness (QED) is 0.470. The molecule has 2 aromatic carbocycles. The number of fused-ring (bicyclic) bond motifs is 1. The summed E-state index contributed by atoms with van der Waals surface area (Å²) in [6.45, 7) is 5.76. The Bertz CT molecular complexity index is 974. The van der Waals surface area contributed by atoms with E-state index in [4.69, 9.17) is 4.52 Å². The van der Waals surface area contributed by atoms with Crippen LogP contribution in [0.25, 0.3) is 10.9 Å². The third-order valence-electron chi connectivity index (χ3n) is 5.50. The first kappa shape index (κ1) is 18.3. The van der Waals surface area contributed by atoms with Gasteiger partial charge in [0.1, 0.15) is 12.3 Å². The van der Waals surface area contributed by atoms with Crippen molar-refractivity contribution >= 4 is 18.5 Å². The van der Waals surface area contributed by atoms with Gasteiger partial charge in [-0.05, 0) is 17.7 Å². The van der Waals surface area contributed by atoms with Crippen molar-refractivity contribution in [1.29, 1.82) is 0 Å². The smallest absolute Gasteiger partial charge is 0.373 e. The Kier molecular flexibility index (Phi) is 4.85. The molecule has 1 unspecified atom stereocenters. The molecule has 4 rings (SSSR count). The van der Waals surface area contributed by atoms with Gasteiger partial charge in [0.2, 0.25) is 0 Å². The Labute approximate surface area is 159 Å². The second-order valence-electron chi connectivity index (χ2n) is 7.65. The number of benzene rings is 2. The van der Waals surface area contributed by atoms with Crippen molar-refractivity contribution < 1.29 is 18.5 Å². The zero-order valence-electron chi connectivity index (χ0n) is 15.6. The highest BCUT2D eigenvalue weighted by molar-refractivity contribution is 7.52. The average molecular weight is 385 g/mol. The lowest BCUT2D eigenvalue weighted by Gasteiger charge is -2.46. The van der Waals surface area contributed by atoms with E-state index in [0.29, 0.717) is 5.75 Å². The molecule has 0 aliphatic carbocycles. The molecule has 1 atom stereocenters. The molecule has 6 heteroatoms. The number of H-pyrrole nitrogens is 1.